The summed E-state index contributed by atoms with van der Waals surface area (Å²) in [5, 5.41) is 14.7. The van der Waals surface area contributed by atoms with Crippen molar-refractivity contribution >= 4 is 11.7 Å². The highest BCUT2D eigenvalue weighted by Crippen LogP contribution is 2.33. The van der Waals surface area contributed by atoms with E-state index in [9.17, 15) is 22.4 Å². The zero-order chi connectivity index (χ0) is 19.7. The van der Waals surface area contributed by atoms with Crippen LogP contribution in [0.2, 0.25) is 0 Å². The van der Waals surface area contributed by atoms with E-state index >= 15 is 0 Å². The third-order valence-electron chi connectivity index (χ3n) is 4.22. The fourth-order valence-electron chi connectivity index (χ4n) is 2.83. The van der Waals surface area contributed by atoms with Crippen LogP contribution in [0.4, 0.5) is 23.4 Å². The highest BCUT2D eigenvalue weighted by molar-refractivity contribution is 5.97. The lowest BCUT2D eigenvalue weighted by molar-refractivity contribution is -0.137. The Morgan fingerprint density at radius 2 is 2.15 bits per heavy atom. The van der Waals surface area contributed by atoms with Gasteiger partial charge in [-0.25, -0.2) is 4.39 Å². The first-order chi connectivity index (χ1) is 12.7. The quantitative estimate of drug-likeness (QED) is 0.648. The van der Waals surface area contributed by atoms with Gasteiger partial charge >= 0.3 is 6.18 Å². The number of hydrogen-bond donors (Lipinski definition) is 1. The monoisotopic (exact) mass is 382 g/mol. The molecule has 10 heteroatoms. The van der Waals surface area contributed by atoms with Crippen molar-refractivity contribution < 1.29 is 26.9 Å². The summed E-state index contributed by atoms with van der Waals surface area (Å²) in [4.78, 5) is 13.4. The molecular formula is C17H14F4N4O2. The third kappa shape index (κ3) is 4.02. The Bertz CT molecular complexity index is 890. The molecule has 1 aliphatic heterocycles. The number of benzene rings is 1. The highest BCUT2D eigenvalue weighted by atomic mass is 19.4. The van der Waals surface area contributed by atoms with Crippen molar-refractivity contribution in [2.75, 3.05) is 18.4 Å². The van der Waals surface area contributed by atoms with Crippen LogP contribution in [0.25, 0.3) is 11.3 Å². The second-order valence-corrected chi connectivity index (χ2v) is 6.20. The maximum Gasteiger partial charge on any atom is 0.416 e. The van der Waals surface area contributed by atoms with Crippen molar-refractivity contribution in [3.63, 3.8) is 0 Å². The van der Waals surface area contributed by atoms with Gasteiger partial charge in [0.1, 0.15) is 0 Å². The molecule has 1 atom stereocenters. The molecule has 2 heterocycles. The van der Waals surface area contributed by atoms with E-state index < -0.39 is 23.3 Å². The molecule has 0 spiro atoms. The van der Waals surface area contributed by atoms with Crippen molar-refractivity contribution in [1.29, 1.82) is 5.26 Å². The smallest absolute Gasteiger partial charge is 0.354 e. The summed E-state index contributed by atoms with van der Waals surface area (Å²) < 4.78 is 58.2. The van der Waals surface area contributed by atoms with E-state index in [0.717, 1.165) is 17.0 Å². The van der Waals surface area contributed by atoms with Crippen LogP contribution >= 0.6 is 0 Å². The molecule has 27 heavy (non-hydrogen) atoms. The van der Waals surface area contributed by atoms with E-state index in [4.69, 9.17) is 9.78 Å². The number of carbonyl (C=O) groups is 1. The van der Waals surface area contributed by atoms with Crippen LogP contribution < -0.4 is 5.32 Å². The molecule has 1 amide bonds. The standard InChI is InChI=1S/C17H14F4N4O2/c18-16(5-2-6-25(9-16)10-22)15(26)23-14-8-13(27-24-14)11-3-1-4-12(7-11)17(19,20)21/h1,3-4,7-8H,2,5-6,9H2,(H,23,24,26). The summed E-state index contributed by atoms with van der Waals surface area (Å²) in [6.07, 6.45) is -2.41. The van der Waals surface area contributed by atoms with Crippen LogP contribution in [-0.2, 0) is 11.0 Å². The van der Waals surface area contributed by atoms with Crippen LogP contribution in [0, 0.1) is 11.5 Å². The molecule has 0 aliphatic carbocycles. The van der Waals surface area contributed by atoms with Crippen LogP contribution in [0.1, 0.15) is 18.4 Å². The number of halogens is 4. The molecule has 1 saturated heterocycles. The average Bonchev–Trinajstić information content (AvgIpc) is 3.09. The summed E-state index contributed by atoms with van der Waals surface area (Å²) in [7, 11) is 0. The molecule has 1 fully saturated rings. The SMILES string of the molecule is N#CN1CCCC(F)(C(=O)Nc2cc(-c3cccc(C(F)(F)F)c3)on2)C1. The molecule has 0 radical (unpaired) electrons. The third-order valence-corrected chi connectivity index (χ3v) is 4.22. The average molecular weight is 382 g/mol. The van der Waals surface area contributed by atoms with Gasteiger partial charge in [-0.15, -0.1) is 0 Å². The fraction of sp³-hybridized carbons (Fsp3) is 0.353. The minimum absolute atomic E-state index is 0.00777. The summed E-state index contributed by atoms with van der Waals surface area (Å²) in [5.74, 6) is -1.11. The van der Waals surface area contributed by atoms with E-state index in [-0.39, 0.29) is 30.1 Å². The van der Waals surface area contributed by atoms with Crippen molar-refractivity contribution in [3.05, 3.63) is 35.9 Å². The van der Waals surface area contributed by atoms with E-state index in [0.29, 0.717) is 13.0 Å². The lowest BCUT2D eigenvalue weighted by atomic mass is 9.94. The number of rotatable bonds is 3. The minimum Gasteiger partial charge on any atom is -0.354 e. The van der Waals surface area contributed by atoms with Gasteiger partial charge in [0.2, 0.25) is 5.67 Å². The molecule has 6 nitrogen and oxygen atoms in total. The number of carbonyl (C=O) groups excluding carboxylic acids is 1. The lowest BCUT2D eigenvalue weighted by Crippen LogP contribution is -2.51. The number of nitrogens with zero attached hydrogens (tertiary/aromatic N) is 3. The number of nitriles is 1. The van der Waals surface area contributed by atoms with Gasteiger partial charge in [-0.2, -0.15) is 18.4 Å². The van der Waals surface area contributed by atoms with Gasteiger partial charge in [-0.3, -0.25) is 4.79 Å². The van der Waals surface area contributed by atoms with Crippen LogP contribution in [0.5, 0.6) is 0 Å². The number of piperidine rings is 1. The highest BCUT2D eigenvalue weighted by Gasteiger charge is 2.43. The Labute approximate surface area is 151 Å². The van der Waals surface area contributed by atoms with Crippen molar-refractivity contribution in [1.82, 2.24) is 10.1 Å². The van der Waals surface area contributed by atoms with Crippen LogP contribution in [0.3, 0.4) is 0 Å². The first-order valence-electron chi connectivity index (χ1n) is 8.01. The van der Waals surface area contributed by atoms with Gasteiger partial charge in [0.15, 0.2) is 17.8 Å². The van der Waals surface area contributed by atoms with Gasteiger partial charge in [0.25, 0.3) is 5.91 Å². The maximum absolute atomic E-state index is 14.8. The number of alkyl halides is 4. The summed E-state index contributed by atoms with van der Waals surface area (Å²) in [6, 6.07) is 5.62. The van der Waals surface area contributed by atoms with Crippen molar-refractivity contribution in [2.45, 2.75) is 24.7 Å². The number of hydrogen-bond acceptors (Lipinski definition) is 5. The van der Waals surface area contributed by atoms with Crippen LogP contribution in [-0.4, -0.2) is 34.7 Å². The molecular weight excluding hydrogens is 368 g/mol. The Kier molecular flexibility index (Phi) is 4.78. The molecule has 2 aromatic rings. The van der Waals surface area contributed by atoms with Crippen molar-refractivity contribution in [3.8, 4) is 17.5 Å². The molecule has 1 aromatic carbocycles. The summed E-state index contributed by atoms with van der Waals surface area (Å²) in [5.41, 5.74) is -3.01. The predicted octanol–water partition coefficient (Wildman–Crippen LogP) is 3.58. The molecule has 3 rings (SSSR count). The topological polar surface area (TPSA) is 82.2 Å². The van der Waals surface area contributed by atoms with Gasteiger partial charge in [-0.1, -0.05) is 17.3 Å². The molecule has 142 valence electrons. The number of aromatic nitrogens is 1. The van der Waals surface area contributed by atoms with Gasteiger partial charge in [-0.05, 0) is 25.0 Å². The number of amides is 1. The van der Waals surface area contributed by atoms with Crippen molar-refractivity contribution in [2.24, 2.45) is 0 Å². The number of likely N-dealkylation sites (tertiary alicyclic amines) is 1. The van der Waals surface area contributed by atoms with E-state index in [1.165, 1.54) is 18.2 Å². The lowest BCUT2D eigenvalue weighted by Gasteiger charge is -2.32. The zero-order valence-electron chi connectivity index (χ0n) is 13.9. The summed E-state index contributed by atoms with van der Waals surface area (Å²) in [6.45, 7) is 0.00672. The summed E-state index contributed by atoms with van der Waals surface area (Å²) >= 11 is 0. The molecule has 1 unspecified atom stereocenters. The van der Waals surface area contributed by atoms with E-state index in [1.807, 2.05) is 6.19 Å². The van der Waals surface area contributed by atoms with Gasteiger partial charge in [0, 0.05) is 18.2 Å². The Morgan fingerprint density at radius 1 is 1.37 bits per heavy atom. The zero-order valence-corrected chi connectivity index (χ0v) is 13.9. The van der Waals surface area contributed by atoms with Crippen LogP contribution in [0.15, 0.2) is 34.9 Å². The fourth-order valence-corrected chi connectivity index (χ4v) is 2.83. The first-order valence-corrected chi connectivity index (χ1v) is 8.01. The molecule has 0 saturated carbocycles. The molecule has 0 bridgehead atoms. The first kappa shape index (κ1) is 18.7. The second kappa shape index (κ2) is 6.90. The Balaban J connectivity index is 1.75. The van der Waals surface area contributed by atoms with E-state index in [2.05, 4.69) is 10.5 Å². The predicted molar refractivity (Wildman–Crippen MR) is 85.8 cm³/mol. The van der Waals surface area contributed by atoms with Gasteiger partial charge in [0.05, 0.1) is 12.1 Å². The van der Waals surface area contributed by atoms with E-state index in [1.54, 1.807) is 0 Å². The normalized spacial score (nSPS) is 20.2. The second-order valence-electron chi connectivity index (χ2n) is 6.20. The molecule has 1 aromatic heterocycles. The minimum atomic E-state index is -4.51. The van der Waals surface area contributed by atoms with Gasteiger partial charge < -0.3 is 14.7 Å². The molecule has 1 N–H and O–H groups in total. The largest absolute Gasteiger partial charge is 0.416 e. The number of anilines is 1. The maximum atomic E-state index is 14.8. The number of nitrogens with one attached hydrogen (secondary N) is 1. The Hall–Kier alpha value is -3.09. The molecule has 1 aliphatic rings. The Morgan fingerprint density at radius 3 is 2.85 bits per heavy atom.